The fourth-order valence-electron chi connectivity index (χ4n) is 1.47. The van der Waals surface area contributed by atoms with Gasteiger partial charge in [-0.1, -0.05) is 18.2 Å². The van der Waals surface area contributed by atoms with Gasteiger partial charge < -0.3 is 10.4 Å². The Bertz CT molecular complexity index is 566. The number of amides is 1. The molecule has 1 aromatic carbocycles. The zero-order valence-corrected chi connectivity index (χ0v) is 10.1. The van der Waals surface area contributed by atoms with Gasteiger partial charge in [0.05, 0.1) is 18.1 Å². The summed E-state index contributed by atoms with van der Waals surface area (Å²) in [7, 11) is 0. The van der Waals surface area contributed by atoms with Gasteiger partial charge in [0, 0.05) is 5.69 Å². The Morgan fingerprint density at radius 3 is 2.78 bits per heavy atom. The van der Waals surface area contributed by atoms with Gasteiger partial charge in [-0.3, -0.25) is 14.6 Å². The van der Waals surface area contributed by atoms with Crippen LogP contribution in [0.1, 0.15) is 15.2 Å². The van der Waals surface area contributed by atoms with E-state index >= 15 is 0 Å². The van der Waals surface area contributed by atoms with Crippen LogP contribution >= 0.6 is 11.3 Å². The fraction of sp³-hybridized carbons (Fsp3) is 0.0833. The molecule has 5 nitrogen and oxygen atoms in total. The van der Waals surface area contributed by atoms with Crippen LogP contribution in [0.4, 0.5) is 5.69 Å². The fourth-order valence-corrected chi connectivity index (χ4v) is 1.99. The summed E-state index contributed by atoms with van der Waals surface area (Å²) in [5, 5.41) is 11.5. The molecule has 2 N–H and O–H groups in total. The molecule has 1 amide bonds. The van der Waals surface area contributed by atoms with Crippen LogP contribution in [0.3, 0.4) is 0 Å². The van der Waals surface area contributed by atoms with Crippen molar-refractivity contribution in [2.45, 2.75) is 6.42 Å². The summed E-state index contributed by atoms with van der Waals surface area (Å²) >= 11 is 1.23. The summed E-state index contributed by atoms with van der Waals surface area (Å²) in [5.74, 6) is -1.22. The first-order chi connectivity index (χ1) is 8.66. The van der Waals surface area contributed by atoms with Gasteiger partial charge in [0.2, 0.25) is 0 Å². The number of carbonyl (C=O) groups excluding carboxylic acids is 1. The molecule has 6 heteroatoms. The topological polar surface area (TPSA) is 79.3 Å². The number of thiazole rings is 1. The van der Waals surface area contributed by atoms with Crippen molar-refractivity contribution in [2.24, 2.45) is 0 Å². The number of hydrogen-bond acceptors (Lipinski definition) is 4. The lowest BCUT2D eigenvalue weighted by molar-refractivity contribution is -0.136. The van der Waals surface area contributed by atoms with Crippen LogP contribution < -0.4 is 5.32 Å². The molecule has 0 saturated heterocycles. The standard InChI is InChI=1S/C12H10N2O3S/c15-11(16)5-8-3-1-2-4-9(8)14-12(17)10-6-13-7-18-10/h1-4,6-7H,5H2,(H,14,17)(H,15,16). The zero-order chi connectivity index (χ0) is 13.0. The average Bonchev–Trinajstić information content (AvgIpc) is 2.84. The molecule has 0 aliphatic rings. The van der Waals surface area contributed by atoms with E-state index in [1.807, 2.05) is 0 Å². The first-order valence-corrected chi connectivity index (χ1v) is 6.04. The SMILES string of the molecule is O=C(O)Cc1ccccc1NC(=O)c1cncs1. The summed E-state index contributed by atoms with van der Waals surface area (Å²) in [6.07, 6.45) is 1.35. The smallest absolute Gasteiger partial charge is 0.307 e. The Labute approximate surface area is 107 Å². The Morgan fingerprint density at radius 1 is 1.33 bits per heavy atom. The number of rotatable bonds is 4. The molecule has 0 aliphatic heterocycles. The largest absolute Gasteiger partial charge is 0.481 e. The van der Waals surface area contributed by atoms with Crippen LogP contribution in [0.2, 0.25) is 0 Å². The van der Waals surface area contributed by atoms with E-state index in [0.29, 0.717) is 16.1 Å². The molecule has 1 aromatic heterocycles. The van der Waals surface area contributed by atoms with Crippen molar-refractivity contribution < 1.29 is 14.7 Å². The lowest BCUT2D eigenvalue weighted by Crippen LogP contribution is -2.13. The number of nitrogens with zero attached hydrogens (tertiary/aromatic N) is 1. The van der Waals surface area contributed by atoms with Crippen LogP contribution in [0.5, 0.6) is 0 Å². The highest BCUT2D eigenvalue weighted by Gasteiger charge is 2.11. The lowest BCUT2D eigenvalue weighted by Gasteiger charge is -2.08. The van der Waals surface area contributed by atoms with E-state index in [2.05, 4.69) is 10.3 Å². The Hall–Kier alpha value is -2.21. The number of hydrogen-bond donors (Lipinski definition) is 2. The second kappa shape index (κ2) is 5.42. The number of benzene rings is 1. The summed E-state index contributed by atoms with van der Waals surface area (Å²) < 4.78 is 0. The minimum Gasteiger partial charge on any atom is -0.481 e. The first-order valence-electron chi connectivity index (χ1n) is 5.16. The van der Waals surface area contributed by atoms with Gasteiger partial charge in [-0.25, -0.2) is 0 Å². The minimum atomic E-state index is -0.936. The Kier molecular flexibility index (Phi) is 3.69. The van der Waals surface area contributed by atoms with E-state index in [1.165, 1.54) is 17.5 Å². The number of nitrogens with one attached hydrogen (secondary N) is 1. The van der Waals surface area contributed by atoms with Crippen molar-refractivity contribution in [1.29, 1.82) is 0 Å². The maximum atomic E-state index is 11.8. The quantitative estimate of drug-likeness (QED) is 0.883. The lowest BCUT2D eigenvalue weighted by atomic mass is 10.1. The van der Waals surface area contributed by atoms with Crippen molar-refractivity contribution >= 4 is 28.9 Å². The summed E-state index contributed by atoms with van der Waals surface area (Å²) in [6.45, 7) is 0. The van der Waals surface area contributed by atoms with Crippen LogP contribution in [0, 0.1) is 0 Å². The summed E-state index contributed by atoms with van der Waals surface area (Å²) in [6, 6.07) is 6.84. The van der Waals surface area contributed by atoms with Crippen molar-refractivity contribution in [1.82, 2.24) is 4.98 Å². The second-order valence-corrected chi connectivity index (χ2v) is 4.43. The van der Waals surface area contributed by atoms with E-state index in [0.717, 1.165) is 0 Å². The zero-order valence-electron chi connectivity index (χ0n) is 9.29. The van der Waals surface area contributed by atoms with Crippen LogP contribution in [-0.4, -0.2) is 22.0 Å². The van der Waals surface area contributed by atoms with E-state index < -0.39 is 5.97 Å². The van der Waals surface area contributed by atoms with E-state index in [1.54, 1.807) is 29.8 Å². The molecule has 2 aromatic rings. The molecular weight excluding hydrogens is 252 g/mol. The van der Waals surface area contributed by atoms with Gasteiger partial charge in [-0.05, 0) is 11.6 Å². The molecule has 0 radical (unpaired) electrons. The van der Waals surface area contributed by atoms with Gasteiger partial charge in [-0.2, -0.15) is 0 Å². The number of carbonyl (C=O) groups is 2. The molecule has 0 atom stereocenters. The molecule has 0 aliphatic carbocycles. The third-order valence-electron chi connectivity index (χ3n) is 2.26. The van der Waals surface area contributed by atoms with Crippen molar-refractivity contribution in [3.05, 3.63) is 46.4 Å². The number of aliphatic carboxylic acids is 1. The predicted octanol–water partition coefficient (Wildman–Crippen LogP) is 2.02. The first kappa shape index (κ1) is 12.3. The van der Waals surface area contributed by atoms with Gasteiger partial charge in [0.25, 0.3) is 5.91 Å². The normalized spacial score (nSPS) is 10.0. The van der Waals surface area contributed by atoms with Crippen molar-refractivity contribution in [3.63, 3.8) is 0 Å². The monoisotopic (exact) mass is 262 g/mol. The number of anilines is 1. The highest BCUT2D eigenvalue weighted by atomic mass is 32.1. The van der Waals surface area contributed by atoms with E-state index in [-0.39, 0.29) is 12.3 Å². The summed E-state index contributed by atoms with van der Waals surface area (Å²) in [4.78, 5) is 26.8. The maximum Gasteiger partial charge on any atom is 0.307 e. The highest BCUT2D eigenvalue weighted by Crippen LogP contribution is 2.17. The molecule has 0 spiro atoms. The highest BCUT2D eigenvalue weighted by molar-refractivity contribution is 7.11. The molecule has 18 heavy (non-hydrogen) atoms. The molecule has 1 heterocycles. The van der Waals surface area contributed by atoms with Crippen LogP contribution in [0.15, 0.2) is 36.0 Å². The van der Waals surface area contributed by atoms with Crippen molar-refractivity contribution in [2.75, 3.05) is 5.32 Å². The van der Waals surface area contributed by atoms with Crippen LogP contribution in [-0.2, 0) is 11.2 Å². The van der Waals surface area contributed by atoms with Crippen molar-refractivity contribution in [3.8, 4) is 0 Å². The Morgan fingerprint density at radius 2 is 2.11 bits per heavy atom. The third-order valence-corrected chi connectivity index (χ3v) is 3.04. The molecular formula is C12H10N2O3S. The number of para-hydroxylation sites is 1. The molecule has 92 valence electrons. The maximum absolute atomic E-state index is 11.8. The Balaban J connectivity index is 2.18. The average molecular weight is 262 g/mol. The predicted molar refractivity (Wildman–Crippen MR) is 67.8 cm³/mol. The molecule has 2 rings (SSSR count). The van der Waals surface area contributed by atoms with Crippen LogP contribution in [0.25, 0.3) is 0 Å². The summed E-state index contributed by atoms with van der Waals surface area (Å²) in [5.41, 5.74) is 2.65. The molecule has 0 fully saturated rings. The molecule has 0 unspecified atom stereocenters. The number of aromatic nitrogens is 1. The van der Waals surface area contributed by atoms with Gasteiger partial charge in [-0.15, -0.1) is 11.3 Å². The van der Waals surface area contributed by atoms with E-state index in [9.17, 15) is 9.59 Å². The molecule has 0 saturated carbocycles. The number of carboxylic acid groups (broad SMARTS) is 1. The van der Waals surface area contributed by atoms with Gasteiger partial charge >= 0.3 is 5.97 Å². The number of carboxylic acids is 1. The molecule has 0 bridgehead atoms. The minimum absolute atomic E-state index is 0.126. The van der Waals surface area contributed by atoms with Gasteiger partial charge in [0.1, 0.15) is 4.88 Å². The third kappa shape index (κ3) is 2.92. The van der Waals surface area contributed by atoms with Gasteiger partial charge in [0.15, 0.2) is 0 Å². The second-order valence-electron chi connectivity index (χ2n) is 3.55. The van der Waals surface area contributed by atoms with E-state index in [4.69, 9.17) is 5.11 Å².